The van der Waals surface area contributed by atoms with Gasteiger partial charge in [-0.1, -0.05) is 29.5 Å². The van der Waals surface area contributed by atoms with Crippen molar-refractivity contribution in [2.45, 2.75) is 31.0 Å². The van der Waals surface area contributed by atoms with Crippen LogP contribution in [0.5, 0.6) is 0 Å². The van der Waals surface area contributed by atoms with Crippen LogP contribution >= 0.6 is 11.8 Å². The van der Waals surface area contributed by atoms with Crippen LogP contribution < -0.4 is 16.0 Å². The average molecular weight is 423 g/mol. The molecule has 3 amide bonds. The van der Waals surface area contributed by atoms with Crippen LogP contribution in [0.25, 0.3) is 5.69 Å². The molecule has 8 nitrogen and oxygen atoms in total. The highest BCUT2D eigenvalue weighted by molar-refractivity contribution is 7.99. The third kappa shape index (κ3) is 5.38. The minimum absolute atomic E-state index is 0.148. The number of benzene rings is 2. The number of urea groups is 1. The number of thioether (sulfide) groups is 1. The highest BCUT2D eigenvalue weighted by atomic mass is 32.2. The van der Waals surface area contributed by atoms with Crippen LogP contribution in [0.1, 0.15) is 18.4 Å². The maximum absolute atomic E-state index is 12.3. The van der Waals surface area contributed by atoms with Gasteiger partial charge in [0, 0.05) is 23.1 Å². The SMILES string of the molecule is Cc1ccc(-n2cnnc2SCC(=O)Nc2ccc(NC(=O)NC3CC3)cc2)cc1. The molecule has 1 saturated carbocycles. The van der Waals surface area contributed by atoms with E-state index in [1.54, 1.807) is 30.6 Å². The zero-order valence-electron chi connectivity index (χ0n) is 16.5. The van der Waals surface area contributed by atoms with Crippen LogP contribution in [0, 0.1) is 6.92 Å². The Morgan fingerprint density at radius 3 is 2.37 bits per heavy atom. The monoisotopic (exact) mass is 422 g/mol. The first-order valence-corrected chi connectivity index (χ1v) is 10.6. The lowest BCUT2D eigenvalue weighted by atomic mass is 10.2. The number of hydrogen-bond donors (Lipinski definition) is 3. The second kappa shape index (κ2) is 9.00. The van der Waals surface area contributed by atoms with Gasteiger partial charge in [-0.15, -0.1) is 10.2 Å². The van der Waals surface area contributed by atoms with E-state index in [0.29, 0.717) is 22.6 Å². The van der Waals surface area contributed by atoms with E-state index < -0.39 is 0 Å². The first kappa shape index (κ1) is 20.0. The quantitative estimate of drug-likeness (QED) is 0.505. The predicted molar refractivity (Wildman–Crippen MR) is 117 cm³/mol. The lowest BCUT2D eigenvalue weighted by Crippen LogP contribution is -2.30. The molecule has 1 heterocycles. The Hall–Kier alpha value is -3.33. The van der Waals surface area contributed by atoms with E-state index in [4.69, 9.17) is 0 Å². The molecule has 0 atom stereocenters. The van der Waals surface area contributed by atoms with Crippen LogP contribution in [0.15, 0.2) is 60.0 Å². The minimum atomic E-state index is -0.205. The Labute approximate surface area is 178 Å². The van der Waals surface area contributed by atoms with Crippen molar-refractivity contribution in [3.8, 4) is 5.69 Å². The number of nitrogens with zero attached hydrogens (tertiary/aromatic N) is 3. The number of rotatable bonds is 7. The summed E-state index contributed by atoms with van der Waals surface area (Å²) in [6.45, 7) is 2.03. The normalized spacial score (nSPS) is 13.0. The Morgan fingerprint density at radius 2 is 1.70 bits per heavy atom. The molecule has 154 valence electrons. The van der Waals surface area contributed by atoms with Crippen molar-refractivity contribution >= 4 is 35.1 Å². The molecule has 0 bridgehead atoms. The standard InChI is InChI=1S/C21H22N6O2S/c1-14-2-10-18(11-3-14)27-13-22-26-21(27)30-12-19(28)23-15-4-6-16(7-5-15)24-20(29)25-17-8-9-17/h2-7,10-11,13,17H,8-9,12H2,1H3,(H,23,28)(H2,24,25,29). The molecule has 0 aliphatic heterocycles. The number of carbonyl (C=O) groups excluding carboxylic acids is 2. The number of carbonyl (C=O) groups is 2. The fraction of sp³-hybridized carbons (Fsp3) is 0.238. The van der Waals surface area contributed by atoms with E-state index in [1.807, 2.05) is 35.8 Å². The van der Waals surface area contributed by atoms with E-state index in [-0.39, 0.29) is 17.7 Å². The van der Waals surface area contributed by atoms with Gasteiger partial charge in [0.2, 0.25) is 5.91 Å². The van der Waals surface area contributed by atoms with Crippen molar-refractivity contribution < 1.29 is 9.59 Å². The summed E-state index contributed by atoms with van der Waals surface area (Å²) < 4.78 is 1.85. The van der Waals surface area contributed by atoms with Crippen molar-refractivity contribution in [1.29, 1.82) is 0 Å². The van der Waals surface area contributed by atoms with E-state index >= 15 is 0 Å². The highest BCUT2D eigenvalue weighted by Crippen LogP contribution is 2.21. The van der Waals surface area contributed by atoms with Gasteiger partial charge >= 0.3 is 6.03 Å². The van der Waals surface area contributed by atoms with Gasteiger partial charge in [-0.25, -0.2) is 4.79 Å². The molecule has 3 N–H and O–H groups in total. The summed E-state index contributed by atoms with van der Waals surface area (Å²) in [4.78, 5) is 24.1. The number of aryl methyl sites for hydroxylation is 1. The van der Waals surface area contributed by atoms with Gasteiger partial charge < -0.3 is 16.0 Å². The van der Waals surface area contributed by atoms with Gasteiger partial charge in [0.1, 0.15) is 6.33 Å². The van der Waals surface area contributed by atoms with Crippen LogP contribution in [0.3, 0.4) is 0 Å². The second-order valence-electron chi connectivity index (χ2n) is 7.11. The first-order valence-electron chi connectivity index (χ1n) is 9.64. The molecule has 30 heavy (non-hydrogen) atoms. The molecule has 9 heteroatoms. The van der Waals surface area contributed by atoms with Crippen LogP contribution in [-0.2, 0) is 4.79 Å². The molecular formula is C21H22N6O2S. The summed E-state index contributed by atoms with van der Waals surface area (Å²) in [6.07, 6.45) is 3.71. The zero-order valence-corrected chi connectivity index (χ0v) is 17.3. The molecule has 1 aliphatic carbocycles. The van der Waals surface area contributed by atoms with Crippen molar-refractivity contribution in [2.75, 3.05) is 16.4 Å². The Bertz CT molecular complexity index is 1030. The van der Waals surface area contributed by atoms with Crippen molar-refractivity contribution in [2.24, 2.45) is 0 Å². The van der Waals surface area contributed by atoms with Crippen LogP contribution in [-0.4, -0.2) is 38.5 Å². The number of aromatic nitrogens is 3. The van der Waals surface area contributed by atoms with Gasteiger partial charge in [-0.05, 0) is 56.2 Å². The summed E-state index contributed by atoms with van der Waals surface area (Å²) in [6, 6.07) is 15.1. The molecule has 0 unspecified atom stereocenters. The Morgan fingerprint density at radius 1 is 1.03 bits per heavy atom. The smallest absolute Gasteiger partial charge is 0.319 e. The van der Waals surface area contributed by atoms with Crippen molar-refractivity contribution in [3.63, 3.8) is 0 Å². The molecular weight excluding hydrogens is 400 g/mol. The summed E-state index contributed by atoms with van der Waals surface area (Å²) >= 11 is 1.32. The van der Waals surface area contributed by atoms with Gasteiger partial charge in [0.05, 0.1) is 5.75 Å². The van der Waals surface area contributed by atoms with Gasteiger partial charge in [-0.2, -0.15) is 0 Å². The van der Waals surface area contributed by atoms with Crippen molar-refractivity contribution in [3.05, 3.63) is 60.4 Å². The largest absolute Gasteiger partial charge is 0.335 e. The highest BCUT2D eigenvalue weighted by Gasteiger charge is 2.23. The third-order valence-corrected chi connectivity index (χ3v) is 5.44. The molecule has 4 rings (SSSR count). The lowest BCUT2D eigenvalue weighted by molar-refractivity contribution is -0.113. The summed E-state index contributed by atoms with van der Waals surface area (Å²) in [5.74, 6) is 0.0552. The molecule has 0 spiro atoms. The number of amides is 3. The summed E-state index contributed by atoms with van der Waals surface area (Å²) in [5.41, 5.74) is 3.45. The molecule has 3 aromatic rings. The minimum Gasteiger partial charge on any atom is -0.335 e. The summed E-state index contributed by atoms with van der Waals surface area (Å²) in [5, 5.41) is 17.2. The third-order valence-electron chi connectivity index (χ3n) is 4.50. The van der Waals surface area contributed by atoms with E-state index in [1.165, 1.54) is 17.3 Å². The molecule has 1 aliphatic rings. The fourth-order valence-electron chi connectivity index (χ4n) is 2.75. The maximum atomic E-state index is 12.3. The molecule has 1 fully saturated rings. The van der Waals surface area contributed by atoms with Gasteiger partial charge in [-0.3, -0.25) is 9.36 Å². The van der Waals surface area contributed by atoms with Gasteiger partial charge in [0.15, 0.2) is 5.16 Å². The van der Waals surface area contributed by atoms with Crippen LogP contribution in [0.2, 0.25) is 0 Å². The predicted octanol–water partition coefficient (Wildman–Crippen LogP) is 3.59. The fourth-order valence-corrected chi connectivity index (χ4v) is 3.48. The summed E-state index contributed by atoms with van der Waals surface area (Å²) in [7, 11) is 0. The van der Waals surface area contributed by atoms with E-state index in [9.17, 15) is 9.59 Å². The first-order chi connectivity index (χ1) is 14.6. The second-order valence-corrected chi connectivity index (χ2v) is 8.05. The molecule has 0 saturated heterocycles. The number of anilines is 2. The molecule has 0 radical (unpaired) electrons. The maximum Gasteiger partial charge on any atom is 0.319 e. The zero-order chi connectivity index (χ0) is 20.9. The molecule has 1 aromatic heterocycles. The topological polar surface area (TPSA) is 101 Å². The average Bonchev–Trinajstić information content (AvgIpc) is 3.42. The number of hydrogen-bond acceptors (Lipinski definition) is 5. The van der Waals surface area contributed by atoms with E-state index in [2.05, 4.69) is 26.1 Å². The van der Waals surface area contributed by atoms with Crippen molar-refractivity contribution in [1.82, 2.24) is 20.1 Å². The molecule has 2 aromatic carbocycles. The lowest BCUT2D eigenvalue weighted by Gasteiger charge is -2.09. The Kier molecular flexibility index (Phi) is 5.99. The Balaban J connectivity index is 1.28. The van der Waals surface area contributed by atoms with Crippen LogP contribution in [0.4, 0.5) is 16.2 Å². The number of nitrogens with one attached hydrogen (secondary N) is 3. The van der Waals surface area contributed by atoms with E-state index in [0.717, 1.165) is 18.5 Å². The van der Waals surface area contributed by atoms with Gasteiger partial charge in [0.25, 0.3) is 0 Å².